The third kappa shape index (κ3) is 4.80. The predicted octanol–water partition coefficient (Wildman–Crippen LogP) is 2.31. The molecule has 1 aliphatic carbocycles. The van der Waals surface area contributed by atoms with Gasteiger partial charge in [0.1, 0.15) is 0 Å². The van der Waals surface area contributed by atoms with Gasteiger partial charge < -0.3 is 5.32 Å². The van der Waals surface area contributed by atoms with E-state index >= 15 is 0 Å². The number of nitrogens with one attached hydrogen (secondary N) is 2. The SMILES string of the molecule is CCNCCCc1ccc(S(=O)(=O)NC2CC(C)C2)cc1. The lowest BCUT2D eigenvalue weighted by molar-refractivity contribution is 0.270. The standard InChI is InChI=1S/C16H26N2O2S/c1-3-17-10-4-5-14-6-8-16(9-7-14)21(19,20)18-15-11-13(2)12-15/h6-9,13,15,17-18H,3-5,10-12H2,1-2H3. The summed E-state index contributed by atoms with van der Waals surface area (Å²) in [6.07, 6.45) is 3.93. The summed E-state index contributed by atoms with van der Waals surface area (Å²) in [5, 5.41) is 3.29. The summed E-state index contributed by atoms with van der Waals surface area (Å²) in [5.74, 6) is 0.636. The molecule has 0 atom stereocenters. The second-order valence-corrected chi connectivity index (χ2v) is 7.71. The summed E-state index contributed by atoms with van der Waals surface area (Å²) in [6, 6.07) is 7.39. The molecule has 0 aromatic heterocycles. The minimum Gasteiger partial charge on any atom is -0.317 e. The first-order chi connectivity index (χ1) is 10.0. The minimum absolute atomic E-state index is 0.116. The topological polar surface area (TPSA) is 58.2 Å². The Kier molecular flexibility index (Phi) is 5.79. The van der Waals surface area contributed by atoms with Gasteiger partial charge in [-0.1, -0.05) is 26.0 Å². The third-order valence-corrected chi connectivity index (χ3v) is 5.53. The van der Waals surface area contributed by atoms with E-state index in [1.54, 1.807) is 12.1 Å². The molecule has 5 heteroatoms. The molecule has 0 bridgehead atoms. The van der Waals surface area contributed by atoms with E-state index in [1.165, 1.54) is 5.56 Å². The van der Waals surface area contributed by atoms with Crippen LogP contribution in [0.15, 0.2) is 29.2 Å². The van der Waals surface area contributed by atoms with Gasteiger partial charge in [-0.3, -0.25) is 0 Å². The average molecular weight is 310 g/mol. The molecule has 0 aliphatic heterocycles. The number of sulfonamides is 1. The molecule has 4 nitrogen and oxygen atoms in total. The van der Waals surface area contributed by atoms with E-state index in [2.05, 4.69) is 23.9 Å². The molecule has 2 N–H and O–H groups in total. The molecule has 0 heterocycles. The van der Waals surface area contributed by atoms with Crippen molar-refractivity contribution in [3.05, 3.63) is 29.8 Å². The molecular formula is C16H26N2O2S. The molecule has 0 unspecified atom stereocenters. The fourth-order valence-electron chi connectivity index (χ4n) is 2.72. The van der Waals surface area contributed by atoms with Crippen LogP contribution < -0.4 is 10.0 Å². The Morgan fingerprint density at radius 2 is 1.86 bits per heavy atom. The van der Waals surface area contributed by atoms with Gasteiger partial charge in [0, 0.05) is 6.04 Å². The normalized spacial score (nSPS) is 22.0. The highest BCUT2D eigenvalue weighted by molar-refractivity contribution is 7.89. The maximum Gasteiger partial charge on any atom is 0.240 e. The smallest absolute Gasteiger partial charge is 0.240 e. The average Bonchev–Trinajstić information content (AvgIpc) is 2.42. The molecule has 21 heavy (non-hydrogen) atoms. The Balaban J connectivity index is 1.88. The highest BCUT2D eigenvalue weighted by atomic mass is 32.2. The summed E-state index contributed by atoms with van der Waals surface area (Å²) in [7, 11) is -3.35. The van der Waals surface area contributed by atoms with Crippen molar-refractivity contribution in [1.29, 1.82) is 0 Å². The van der Waals surface area contributed by atoms with Crippen LogP contribution in [0.1, 0.15) is 38.7 Å². The van der Waals surface area contributed by atoms with Gasteiger partial charge in [-0.2, -0.15) is 0 Å². The first kappa shape index (κ1) is 16.5. The zero-order chi connectivity index (χ0) is 15.3. The van der Waals surface area contributed by atoms with Crippen molar-refractivity contribution in [2.45, 2.75) is 50.5 Å². The van der Waals surface area contributed by atoms with Crippen molar-refractivity contribution in [3.8, 4) is 0 Å². The van der Waals surface area contributed by atoms with E-state index in [1.807, 2.05) is 12.1 Å². The first-order valence-electron chi connectivity index (χ1n) is 7.83. The number of hydrogen-bond donors (Lipinski definition) is 2. The molecule has 118 valence electrons. The van der Waals surface area contributed by atoms with E-state index in [-0.39, 0.29) is 6.04 Å². The van der Waals surface area contributed by atoms with Crippen LogP contribution in [0, 0.1) is 5.92 Å². The highest BCUT2D eigenvalue weighted by Crippen LogP contribution is 2.27. The minimum atomic E-state index is -3.35. The fraction of sp³-hybridized carbons (Fsp3) is 0.625. The molecule has 0 saturated heterocycles. The Bertz CT molecular complexity index is 534. The summed E-state index contributed by atoms with van der Waals surface area (Å²) in [5.41, 5.74) is 1.18. The summed E-state index contributed by atoms with van der Waals surface area (Å²) < 4.78 is 27.2. The quantitative estimate of drug-likeness (QED) is 0.724. The van der Waals surface area contributed by atoms with E-state index in [4.69, 9.17) is 0 Å². The van der Waals surface area contributed by atoms with Gasteiger partial charge in [-0.15, -0.1) is 0 Å². The summed E-state index contributed by atoms with van der Waals surface area (Å²) in [4.78, 5) is 0.373. The molecule has 0 spiro atoms. The highest BCUT2D eigenvalue weighted by Gasteiger charge is 2.29. The van der Waals surface area contributed by atoms with Gasteiger partial charge in [0.05, 0.1) is 4.90 Å². The Morgan fingerprint density at radius 1 is 1.19 bits per heavy atom. The van der Waals surface area contributed by atoms with Gasteiger partial charge in [0.25, 0.3) is 0 Å². The Labute approximate surface area is 128 Å². The molecule has 0 radical (unpaired) electrons. The summed E-state index contributed by atoms with van der Waals surface area (Å²) >= 11 is 0. The lowest BCUT2D eigenvalue weighted by Gasteiger charge is -2.32. The van der Waals surface area contributed by atoms with Crippen molar-refractivity contribution in [1.82, 2.24) is 10.0 Å². The van der Waals surface area contributed by atoms with Crippen molar-refractivity contribution < 1.29 is 8.42 Å². The number of aryl methyl sites for hydroxylation is 1. The molecule has 1 saturated carbocycles. The fourth-order valence-corrected chi connectivity index (χ4v) is 3.98. The second-order valence-electron chi connectivity index (χ2n) is 6.00. The van der Waals surface area contributed by atoms with E-state index in [0.717, 1.165) is 38.8 Å². The van der Waals surface area contributed by atoms with Crippen molar-refractivity contribution >= 4 is 10.0 Å². The van der Waals surface area contributed by atoms with E-state index in [9.17, 15) is 8.42 Å². The van der Waals surface area contributed by atoms with Crippen LogP contribution in [-0.4, -0.2) is 27.5 Å². The molecule has 1 aliphatic rings. The van der Waals surface area contributed by atoms with Crippen LogP contribution in [0.4, 0.5) is 0 Å². The van der Waals surface area contributed by atoms with Gasteiger partial charge in [-0.25, -0.2) is 13.1 Å². The van der Waals surface area contributed by atoms with E-state index < -0.39 is 10.0 Å². The van der Waals surface area contributed by atoms with Crippen LogP contribution in [-0.2, 0) is 16.4 Å². The number of hydrogen-bond acceptors (Lipinski definition) is 3. The van der Waals surface area contributed by atoms with Crippen LogP contribution >= 0.6 is 0 Å². The summed E-state index contributed by atoms with van der Waals surface area (Å²) in [6.45, 7) is 6.23. The predicted molar refractivity (Wildman–Crippen MR) is 85.8 cm³/mol. The molecular weight excluding hydrogens is 284 g/mol. The number of benzene rings is 1. The zero-order valence-corrected chi connectivity index (χ0v) is 13.7. The largest absolute Gasteiger partial charge is 0.317 e. The monoisotopic (exact) mass is 310 g/mol. The van der Waals surface area contributed by atoms with Crippen LogP contribution in [0.5, 0.6) is 0 Å². The van der Waals surface area contributed by atoms with Gasteiger partial charge >= 0.3 is 0 Å². The first-order valence-corrected chi connectivity index (χ1v) is 9.31. The van der Waals surface area contributed by atoms with Gasteiger partial charge in [0.15, 0.2) is 0 Å². The van der Waals surface area contributed by atoms with Crippen LogP contribution in [0.3, 0.4) is 0 Å². The van der Waals surface area contributed by atoms with Crippen LogP contribution in [0.2, 0.25) is 0 Å². The maximum absolute atomic E-state index is 12.2. The lowest BCUT2D eigenvalue weighted by atomic mass is 9.83. The van der Waals surface area contributed by atoms with Gasteiger partial charge in [-0.05, 0) is 62.4 Å². The Morgan fingerprint density at radius 3 is 2.43 bits per heavy atom. The van der Waals surface area contributed by atoms with E-state index in [0.29, 0.717) is 10.8 Å². The molecule has 0 amide bonds. The van der Waals surface area contributed by atoms with Gasteiger partial charge in [0.2, 0.25) is 10.0 Å². The molecule has 1 aromatic carbocycles. The van der Waals surface area contributed by atoms with Crippen molar-refractivity contribution in [2.24, 2.45) is 5.92 Å². The molecule has 2 rings (SSSR count). The third-order valence-electron chi connectivity index (χ3n) is 4.00. The zero-order valence-electron chi connectivity index (χ0n) is 12.9. The van der Waals surface area contributed by atoms with Crippen molar-refractivity contribution in [3.63, 3.8) is 0 Å². The molecule has 1 aromatic rings. The van der Waals surface area contributed by atoms with Crippen molar-refractivity contribution in [2.75, 3.05) is 13.1 Å². The lowest BCUT2D eigenvalue weighted by Crippen LogP contribution is -2.43. The number of rotatable bonds is 8. The van der Waals surface area contributed by atoms with Crippen LogP contribution in [0.25, 0.3) is 0 Å². The Hall–Kier alpha value is -0.910. The molecule has 1 fully saturated rings. The second kappa shape index (κ2) is 7.38. The maximum atomic E-state index is 12.2.